The second-order valence-electron chi connectivity index (χ2n) is 6.85. The number of piperazine rings is 1. The third kappa shape index (κ3) is 4.12. The summed E-state index contributed by atoms with van der Waals surface area (Å²) in [6.07, 6.45) is 10.7. The zero-order chi connectivity index (χ0) is 13.7. The molecule has 2 nitrogen and oxygen atoms in total. The van der Waals surface area contributed by atoms with Crippen LogP contribution < -0.4 is 5.32 Å². The smallest absolute Gasteiger partial charge is 0.0309 e. The summed E-state index contributed by atoms with van der Waals surface area (Å²) < 4.78 is 0. The lowest BCUT2D eigenvalue weighted by molar-refractivity contribution is 0.0369. The lowest BCUT2D eigenvalue weighted by Crippen LogP contribution is -2.65. The fourth-order valence-corrected chi connectivity index (χ4v) is 4.31. The van der Waals surface area contributed by atoms with Crippen molar-refractivity contribution in [2.75, 3.05) is 31.6 Å². The summed E-state index contributed by atoms with van der Waals surface area (Å²) in [6, 6.07) is 0.745. The maximum atomic E-state index is 3.94. The molecule has 1 heterocycles. The van der Waals surface area contributed by atoms with Crippen LogP contribution in [0.5, 0.6) is 0 Å². The number of hydrogen-bond acceptors (Lipinski definition) is 3. The molecule has 0 bridgehead atoms. The number of nitrogens with one attached hydrogen (secondary N) is 1. The van der Waals surface area contributed by atoms with E-state index in [1.807, 2.05) is 11.8 Å². The molecule has 2 aliphatic rings. The molecule has 0 radical (unpaired) electrons. The molecule has 1 aliphatic carbocycles. The van der Waals surface area contributed by atoms with Crippen LogP contribution in [0.2, 0.25) is 0 Å². The van der Waals surface area contributed by atoms with Crippen LogP contribution in [-0.4, -0.2) is 48.1 Å². The Hall–Kier alpha value is 0.270. The molecule has 2 fully saturated rings. The van der Waals surface area contributed by atoms with Gasteiger partial charge in [-0.2, -0.15) is 11.8 Å². The van der Waals surface area contributed by atoms with Gasteiger partial charge in [-0.25, -0.2) is 0 Å². The Labute approximate surface area is 124 Å². The van der Waals surface area contributed by atoms with Crippen molar-refractivity contribution in [1.29, 1.82) is 0 Å². The Balaban J connectivity index is 1.95. The second-order valence-corrected chi connectivity index (χ2v) is 7.84. The summed E-state index contributed by atoms with van der Waals surface area (Å²) >= 11 is 1.98. The zero-order valence-electron chi connectivity index (χ0n) is 13.1. The highest BCUT2D eigenvalue weighted by Gasteiger charge is 2.40. The van der Waals surface area contributed by atoms with Gasteiger partial charge in [-0.3, -0.25) is 4.90 Å². The fraction of sp³-hybridized carbons (Fsp3) is 1.00. The highest BCUT2D eigenvalue weighted by atomic mass is 32.2. The van der Waals surface area contributed by atoms with Gasteiger partial charge in [0.2, 0.25) is 0 Å². The first kappa shape index (κ1) is 15.7. The van der Waals surface area contributed by atoms with E-state index in [9.17, 15) is 0 Å². The molecule has 112 valence electrons. The van der Waals surface area contributed by atoms with E-state index in [1.54, 1.807) is 0 Å². The number of rotatable bonds is 5. The van der Waals surface area contributed by atoms with E-state index in [1.165, 1.54) is 63.9 Å². The van der Waals surface area contributed by atoms with Crippen LogP contribution in [0.15, 0.2) is 0 Å². The molecule has 1 saturated carbocycles. The second kappa shape index (κ2) is 7.33. The number of nitrogens with zero attached hydrogens (tertiary/aromatic N) is 1. The highest BCUT2D eigenvalue weighted by Crippen LogP contribution is 2.33. The van der Waals surface area contributed by atoms with Crippen molar-refractivity contribution in [1.82, 2.24) is 10.2 Å². The van der Waals surface area contributed by atoms with Crippen molar-refractivity contribution >= 4 is 11.8 Å². The van der Waals surface area contributed by atoms with Crippen molar-refractivity contribution in [2.24, 2.45) is 5.92 Å². The van der Waals surface area contributed by atoms with Gasteiger partial charge >= 0.3 is 0 Å². The van der Waals surface area contributed by atoms with Crippen molar-refractivity contribution in [3.05, 3.63) is 0 Å². The molecule has 3 heteroatoms. The Morgan fingerprint density at radius 2 is 2.00 bits per heavy atom. The standard InChI is InChI=1S/C16H32N2S/c1-14(2)15-12-17-16(8-5-4-6-9-16)13-18(15)10-7-11-19-3/h14-15,17H,4-13H2,1-3H3. The summed E-state index contributed by atoms with van der Waals surface area (Å²) in [7, 11) is 0. The van der Waals surface area contributed by atoms with Crippen molar-refractivity contribution in [3.8, 4) is 0 Å². The predicted octanol–water partition coefficient (Wildman–Crippen LogP) is 3.37. The highest BCUT2D eigenvalue weighted by molar-refractivity contribution is 7.98. The lowest BCUT2D eigenvalue weighted by atomic mass is 9.78. The van der Waals surface area contributed by atoms with Crippen molar-refractivity contribution in [3.63, 3.8) is 0 Å². The molecule has 1 spiro atoms. The molecule has 0 aromatic heterocycles. The maximum absolute atomic E-state index is 3.94. The molecule has 0 aromatic rings. The van der Waals surface area contributed by atoms with Gasteiger partial charge in [0, 0.05) is 24.7 Å². The van der Waals surface area contributed by atoms with E-state index in [-0.39, 0.29) is 0 Å². The van der Waals surface area contributed by atoms with Crippen LogP contribution in [0, 0.1) is 5.92 Å². The molecule has 1 atom stereocenters. The first-order chi connectivity index (χ1) is 9.17. The van der Waals surface area contributed by atoms with Gasteiger partial charge in [0.25, 0.3) is 0 Å². The van der Waals surface area contributed by atoms with Gasteiger partial charge in [-0.1, -0.05) is 33.1 Å². The molecular formula is C16H32N2S. The van der Waals surface area contributed by atoms with Gasteiger partial charge in [-0.05, 0) is 43.7 Å². The third-order valence-corrected chi connectivity index (χ3v) is 5.73. The van der Waals surface area contributed by atoms with Crippen LogP contribution in [-0.2, 0) is 0 Å². The van der Waals surface area contributed by atoms with Crippen LogP contribution >= 0.6 is 11.8 Å². The summed E-state index contributed by atoms with van der Waals surface area (Å²) in [5, 5.41) is 3.94. The third-order valence-electron chi connectivity index (χ3n) is 5.03. The van der Waals surface area contributed by atoms with E-state index < -0.39 is 0 Å². The molecule has 2 rings (SSSR count). The van der Waals surface area contributed by atoms with Gasteiger partial charge in [-0.15, -0.1) is 0 Å². The minimum atomic E-state index is 0.461. The van der Waals surface area contributed by atoms with E-state index >= 15 is 0 Å². The monoisotopic (exact) mass is 284 g/mol. The predicted molar refractivity (Wildman–Crippen MR) is 87.0 cm³/mol. The Morgan fingerprint density at radius 1 is 1.26 bits per heavy atom. The average Bonchev–Trinajstić information content (AvgIpc) is 2.40. The van der Waals surface area contributed by atoms with Gasteiger partial charge in [0.15, 0.2) is 0 Å². The first-order valence-electron chi connectivity index (χ1n) is 8.15. The molecule has 1 aliphatic heterocycles. The Bertz CT molecular complexity index is 261. The van der Waals surface area contributed by atoms with Crippen LogP contribution in [0.25, 0.3) is 0 Å². The minimum Gasteiger partial charge on any atom is -0.308 e. The summed E-state index contributed by atoms with van der Waals surface area (Å²) in [5.74, 6) is 2.07. The quantitative estimate of drug-likeness (QED) is 0.779. The fourth-order valence-electron chi connectivity index (χ4n) is 3.89. The average molecular weight is 285 g/mol. The molecule has 19 heavy (non-hydrogen) atoms. The summed E-state index contributed by atoms with van der Waals surface area (Å²) in [6.45, 7) is 8.56. The molecule has 1 unspecified atom stereocenters. The van der Waals surface area contributed by atoms with E-state index in [0.717, 1.165) is 12.0 Å². The normalized spacial score (nSPS) is 28.1. The van der Waals surface area contributed by atoms with Gasteiger partial charge in [0.1, 0.15) is 0 Å². The molecular weight excluding hydrogens is 252 g/mol. The van der Waals surface area contributed by atoms with Crippen LogP contribution in [0.3, 0.4) is 0 Å². The molecule has 0 aromatic carbocycles. The van der Waals surface area contributed by atoms with E-state index in [4.69, 9.17) is 0 Å². The Kier molecular flexibility index (Phi) is 6.04. The first-order valence-corrected chi connectivity index (χ1v) is 9.54. The SMILES string of the molecule is CSCCCN1CC2(CCCCC2)NCC1C(C)C. The number of thioether (sulfide) groups is 1. The summed E-state index contributed by atoms with van der Waals surface area (Å²) in [4.78, 5) is 2.81. The minimum absolute atomic E-state index is 0.461. The molecule has 1 N–H and O–H groups in total. The Morgan fingerprint density at radius 3 is 2.63 bits per heavy atom. The van der Waals surface area contributed by atoms with Crippen LogP contribution in [0.4, 0.5) is 0 Å². The largest absolute Gasteiger partial charge is 0.308 e. The van der Waals surface area contributed by atoms with Gasteiger partial charge in [0.05, 0.1) is 0 Å². The molecule has 1 saturated heterocycles. The van der Waals surface area contributed by atoms with Crippen LogP contribution in [0.1, 0.15) is 52.4 Å². The van der Waals surface area contributed by atoms with Crippen molar-refractivity contribution < 1.29 is 0 Å². The van der Waals surface area contributed by atoms with Crippen molar-refractivity contribution in [2.45, 2.75) is 64.0 Å². The molecule has 0 amide bonds. The lowest BCUT2D eigenvalue weighted by Gasteiger charge is -2.51. The van der Waals surface area contributed by atoms with E-state index in [0.29, 0.717) is 5.54 Å². The topological polar surface area (TPSA) is 15.3 Å². The maximum Gasteiger partial charge on any atom is 0.0309 e. The van der Waals surface area contributed by atoms with E-state index in [2.05, 4.69) is 30.3 Å². The zero-order valence-corrected chi connectivity index (χ0v) is 13.9. The van der Waals surface area contributed by atoms with Gasteiger partial charge < -0.3 is 5.32 Å². The number of hydrogen-bond donors (Lipinski definition) is 1. The summed E-state index contributed by atoms with van der Waals surface area (Å²) in [5.41, 5.74) is 0.461.